The lowest BCUT2D eigenvalue weighted by Crippen LogP contribution is -2.32. The minimum Gasteiger partial charge on any atom is -0.391 e. The first-order valence-corrected chi connectivity index (χ1v) is 4.12. The molecule has 1 saturated carbocycles. The fourth-order valence-electron chi connectivity index (χ4n) is 1.02. The zero-order valence-corrected chi connectivity index (χ0v) is 6.92. The molecule has 12 heavy (non-hydrogen) atoms. The molecule has 0 aromatic heterocycles. The van der Waals surface area contributed by atoms with Gasteiger partial charge in [-0.1, -0.05) is 5.92 Å². The topological polar surface area (TPSA) is 49.3 Å². The smallest absolute Gasteiger partial charge is 0.232 e. The van der Waals surface area contributed by atoms with E-state index in [1.165, 1.54) is 0 Å². The molecule has 0 spiro atoms. The molecule has 0 saturated heterocycles. The predicted molar refractivity (Wildman–Crippen MR) is 45.2 cm³/mol. The van der Waals surface area contributed by atoms with E-state index >= 15 is 0 Å². The van der Waals surface area contributed by atoms with Gasteiger partial charge in [0.1, 0.15) is 0 Å². The quantitative estimate of drug-likeness (QED) is 0.574. The molecule has 1 aliphatic rings. The lowest BCUT2D eigenvalue weighted by molar-refractivity contribution is -0.120. The fraction of sp³-hybridized carbons (Fsp3) is 0.667. The van der Waals surface area contributed by atoms with Gasteiger partial charge in [0.25, 0.3) is 0 Å². The lowest BCUT2D eigenvalue weighted by atomic mass is 10.2. The molecule has 1 rings (SSSR count). The average molecular weight is 167 g/mol. The molecule has 3 heteroatoms. The summed E-state index contributed by atoms with van der Waals surface area (Å²) in [6, 6.07) is 0. The maximum absolute atomic E-state index is 10.8. The third-order valence-corrected chi connectivity index (χ3v) is 1.94. The highest BCUT2D eigenvalue weighted by Crippen LogP contribution is 2.32. The van der Waals surface area contributed by atoms with Gasteiger partial charge in [0.2, 0.25) is 5.91 Å². The molecular formula is C9H13NO2. The molecule has 1 aliphatic carbocycles. The minimum absolute atomic E-state index is 0.0946. The number of amides is 1. The van der Waals surface area contributed by atoms with E-state index in [-0.39, 0.29) is 18.4 Å². The molecule has 0 aromatic rings. The summed E-state index contributed by atoms with van der Waals surface area (Å²) in [5.74, 6) is 2.46. The van der Waals surface area contributed by atoms with Crippen LogP contribution in [0.4, 0.5) is 0 Å². The minimum atomic E-state index is -0.383. The highest BCUT2D eigenvalue weighted by molar-refractivity contribution is 5.78. The second-order valence-electron chi connectivity index (χ2n) is 3.09. The molecular weight excluding hydrogens is 154 g/mol. The van der Waals surface area contributed by atoms with Gasteiger partial charge in [0.05, 0.1) is 12.5 Å². The van der Waals surface area contributed by atoms with E-state index < -0.39 is 0 Å². The van der Waals surface area contributed by atoms with Crippen molar-refractivity contribution < 1.29 is 9.90 Å². The van der Waals surface area contributed by atoms with Crippen LogP contribution in [0, 0.1) is 18.3 Å². The van der Waals surface area contributed by atoms with Gasteiger partial charge in [-0.3, -0.25) is 4.79 Å². The van der Waals surface area contributed by atoms with Crippen molar-refractivity contribution in [3.63, 3.8) is 0 Å². The van der Waals surface area contributed by atoms with Crippen molar-refractivity contribution in [1.82, 2.24) is 5.32 Å². The van der Waals surface area contributed by atoms with Crippen LogP contribution in [0.25, 0.3) is 0 Å². The second-order valence-corrected chi connectivity index (χ2v) is 3.09. The Balaban J connectivity index is 2.08. The summed E-state index contributed by atoms with van der Waals surface area (Å²) >= 11 is 0. The third-order valence-electron chi connectivity index (χ3n) is 1.94. The van der Waals surface area contributed by atoms with Crippen molar-refractivity contribution in [2.45, 2.75) is 25.4 Å². The standard InChI is InChI=1S/C9H13NO2/c1-2-3-9(12)10-6-8(11)7-4-5-7/h1,7-8,11H,3-6H2,(H,10,12). The van der Waals surface area contributed by atoms with Gasteiger partial charge in [0, 0.05) is 6.54 Å². The van der Waals surface area contributed by atoms with Gasteiger partial charge in [-0.05, 0) is 18.8 Å². The normalized spacial score (nSPS) is 18.0. The Labute approximate surface area is 72.2 Å². The summed E-state index contributed by atoms with van der Waals surface area (Å²) in [6.07, 6.45) is 6.80. The Kier molecular flexibility index (Phi) is 3.12. The number of carbonyl (C=O) groups excluding carboxylic acids is 1. The first-order valence-electron chi connectivity index (χ1n) is 4.12. The Morgan fingerprint density at radius 3 is 2.92 bits per heavy atom. The van der Waals surface area contributed by atoms with Gasteiger partial charge < -0.3 is 10.4 Å². The maximum atomic E-state index is 10.8. The van der Waals surface area contributed by atoms with Crippen LogP contribution in [0.3, 0.4) is 0 Å². The van der Waals surface area contributed by atoms with Crippen molar-refractivity contribution in [1.29, 1.82) is 0 Å². The van der Waals surface area contributed by atoms with Crippen LogP contribution in [0.2, 0.25) is 0 Å². The Morgan fingerprint density at radius 2 is 2.42 bits per heavy atom. The lowest BCUT2D eigenvalue weighted by Gasteiger charge is -2.08. The molecule has 66 valence electrons. The zero-order chi connectivity index (χ0) is 8.97. The molecule has 1 fully saturated rings. The number of nitrogens with one attached hydrogen (secondary N) is 1. The van der Waals surface area contributed by atoms with E-state index in [2.05, 4.69) is 11.2 Å². The Hall–Kier alpha value is -1.01. The van der Waals surface area contributed by atoms with E-state index in [1.54, 1.807) is 0 Å². The van der Waals surface area contributed by atoms with Gasteiger partial charge in [-0.25, -0.2) is 0 Å². The molecule has 0 bridgehead atoms. The molecule has 0 radical (unpaired) electrons. The van der Waals surface area contributed by atoms with Gasteiger partial charge in [0.15, 0.2) is 0 Å². The highest BCUT2D eigenvalue weighted by atomic mass is 16.3. The zero-order valence-electron chi connectivity index (χ0n) is 6.92. The highest BCUT2D eigenvalue weighted by Gasteiger charge is 2.29. The first kappa shape index (κ1) is 9.08. The van der Waals surface area contributed by atoms with E-state index in [0.717, 1.165) is 12.8 Å². The van der Waals surface area contributed by atoms with Crippen LogP contribution in [-0.4, -0.2) is 23.7 Å². The molecule has 0 heterocycles. The summed E-state index contributed by atoms with van der Waals surface area (Å²) in [5, 5.41) is 11.9. The first-order chi connectivity index (χ1) is 5.74. The van der Waals surface area contributed by atoms with Crippen LogP contribution in [-0.2, 0) is 4.79 Å². The monoisotopic (exact) mass is 167 g/mol. The van der Waals surface area contributed by atoms with Crippen molar-refractivity contribution in [3.05, 3.63) is 0 Å². The van der Waals surface area contributed by atoms with Gasteiger partial charge in [-0.2, -0.15) is 0 Å². The predicted octanol–water partition coefficient (Wildman–Crippen LogP) is -0.103. The van der Waals surface area contributed by atoms with Crippen LogP contribution < -0.4 is 5.32 Å². The summed E-state index contributed by atoms with van der Waals surface area (Å²) in [6.45, 7) is 0.338. The van der Waals surface area contributed by atoms with Crippen molar-refractivity contribution >= 4 is 5.91 Å². The Morgan fingerprint density at radius 1 is 1.75 bits per heavy atom. The van der Waals surface area contributed by atoms with Crippen LogP contribution in [0.1, 0.15) is 19.3 Å². The molecule has 1 atom stereocenters. The van der Waals surface area contributed by atoms with E-state index in [9.17, 15) is 9.90 Å². The summed E-state index contributed by atoms with van der Waals surface area (Å²) in [7, 11) is 0. The summed E-state index contributed by atoms with van der Waals surface area (Å²) < 4.78 is 0. The number of rotatable bonds is 4. The number of hydrogen-bond donors (Lipinski definition) is 2. The van der Waals surface area contributed by atoms with Crippen LogP contribution in [0.5, 0.6) is 0 Å². The largest absolute Gasteiger partial charge is 0.391 e. The van der Waals surface area contributed by atoms with Crippen LogP contribution in [0.15, 0.2) is 0 Å². The second kappa shape index (κ2) is 4.13. The molecule has 0 aromatic carbocycles. The van der Waals surface area contributed by atoms with E-state index in [0.29, 0.717) is 12.5 Å². The van der Waals surface area contributed by atoms with Crippen molar-refractivity contribution in [3.8, 4) is 12.3 Å². The van der Waals surface area contributed by atoms with Crippen LogP contribution >= 0.6 is 0 Å². The fourth-order valence-corrected chi connectivity index (χ4v) is 1.02. The third kappa shape index (κ3) is 2.93. The van der Waals surface area contributed by atoms with Gasteiger partial charge in [-0.15, -0.1) is 6.42 Å². The molecule has 1 unspecified atom stereocenters. The molecule has 0 aliphatic heterocycles. The molecule has 1 amide bonds. The van der Waals surface area contributed by atoms with E-state index in [4.69, 9.17) is 6.42 Å². The molecule has 2 N–H and O–H groups in total. The van der Waals surface area contributed by atoms with Gasteiger partial charge >= 0.3 is 0 Å². The number of terminal acetylenes is 1. The number of carbonyl (C=O) groups is 1. The molecule has 3 nitrogen and oxygen atoms in total. The Bertz CT molecular complexity index is 203. The summed E-state index contributed by atoms with van der Waals surface area (Å²) in [4.78, 5) is 10.8. The number of aliphatic hydroxyl groups is 1. The van der Waals surface area contributed by atoms with E-state index in [1.807, 2.05) is 0 Å². The number of aliphatic hydroxyl groups excluding tert-OH is 1. The number of hydrogen-bond acceptors (Lipinski definition) is 2. The maximum Gasteiger partial charge on any atom is 0.232 e. The SMILES string of the molecule is C#CCC(=O)NCC(O)C1CC1. The average Bonchev–Trinajstić information content (AvgIpc) is 2.83. The summed E-state index contributed by atoms with van der Waals surface area (Å²) in [5.41, 5.74) is 0. The van der Waals surface area contributed by atoms with Crippen molar-refractivity contribution in [2.75, 3.05) is 6.54 Å². The van der Waals surface area contributed by atoms with Crippen molar-refractivity contribution in [2.24, 2.45) is 5.92 Å².